The highest BCUT2D eigenvalue weighted by Crippen LogP contribution is 2.04. The number of methoxy groups -OCH3 is 1. The van der Waals surface area contributed by atoms with Crippen molar-refractivity contribution in [2.24, 2.45) is 7.05 Å². The smallest absolute Gasteiger partial charge is 0.313 e. The maximum absolute atomic E-state index is 11.1. The van der Waals surface area contributed by atoms with E-state index in [4.69, 9.17) is 11.6 Å². The van der Waals surface area contributed by atoms with Crippen LogP contribution in [-0.4, -0.2) is 16.7 Å². The standard InChI is InChI=1S/C6H7ClN2O2/c1-9-3-4(7)8-5(11-2)6(9)10/h3H,1-2H3. The van der Waals surface area contributed by atoms with Gasteiger partial charge in [0.2, 0.25) is 0 Å². The van der Waals surface area contributed by atoms with Crippen LogP contribution >= 0.6 is 11.6 Å². The molecular formula is C6H7ClN2O2. The Morgan fingerprint density at radius 1 is 1.73 bits per heavy atom. The fourth-order valence-corrected chi connectivity index (χ4v) is 0.899. The summed E-state index contributed by atoms with van der Waals surface area (Å²) in [5, 5.41) is 0.240. The molecule has 0 aliphatic rings. The summed E-state index contributed by atoms with van der Waals surface area (Å²) in [6.07, 6.45) is 1.42. The van der Waals surface area contributed by atoms with Crippen molar-refractivity contribution >= 4 is 11.6 Å². The molecule has 0 atom stereocenters. The Morgan fingerprint density at radius 3 is 2.91 bits per heavy atom. The summed E-state index contributed by atoms with van der Waals surface area (Å²) in [6, 6.07) is 0. The predicted octanol–water partition coefficient (Wildman–Crippen LogP) is 0.442. The molecule has 60 valence electrons. The zero-order chi connectivity index (χ0) is 8.43. The molecule has 11 heavy (non-hydrogen) atoms. The van der Waals surface area contributed by atoms with E-state index in [2.05, 4.69) is 9.72 Å². The molecule has 0 spiro atoms. The largest absolute Gasteiger partial charge is 0.477 e. The van der Waals surface area contributed by atoms with Crippen molar-refractivity contribution < 1.29 is 4.74 Å². The minimum atomic E-state index is -0.295. The lowest BCUT2D eigenvalue weighted by Gasteiger charge is -2.00. The van der Waals surface area contributed by atoms with Crippen LogP contribution in [0.1, 0.15) is 0 Å². The highest BCUT2D eigenvalue weighted by molar-refractivity contribution is 6.29. The van der Waals surface area contributed by atoms with Gasteiger partial charge in [-0.1, -0.05) is 11.6 Å². The van der Waals surface area contributed by atoms with E-state index in [0.29, 0.717) is 0 Å². The molecule has 0 unspecified atom stereocenters. The Kier molecular flexibility index (Phi) is 2.14. The van der Waals surface area contributed by atoms with Crippen molar-refractivity contribution in [3.05, 3.63) is 21.7 Å². The van der Waals surface area contributed by atoms with Crippen LogP contribution in [0.5, 0.6) is 5.88 Å². The van der Waals surface area contributed by atoms with Crippen molar-refractivity contribution in [1.29, 1.82) is 0 Å². The van der Waals surface area contributed by atoms with Crippen molar-refractivity contribution in [3.63, 3.8) is 0 Å². The second kappa shape index (κ2) is 2.92. The fourth-order valence-electron chi connectivity index (χ4n) is 0.676. The van der Waals surface area contributed by atoms with Gasteiger partial charge in [-0.2, -0.15) is 4.98 Å². The Balaban J connectivity index is 3.37. The van der Waals surface area contributed by atoms with Crippen LogP contribution in [0.2, 0.25) is 5.15 Å². The van der Waals surface area contributed by atoms with E-state index in [9.17, 15) is 4.79 Å². The molecule has 0 aromatic carbocycles. The maximum Gasteiger partial charge on any atom is 0.313 e. The molecule has 0 aliphatic carbocycles. The van der Waals surface area contributed by atoms with Crippen LogP contribution in [-0.2, 0) is 7.05 Å². The first-order chi connectivity index (χ1) is 5.15. The van der Waals surface area contributed by atoms with E-state index in [1.807, 2.05) is 0 Å². The topological polar surface area (TPSA) is 44.1 Å². The third-order valence-electron chi connectivity index (χ3n) is 1.21. The summed E-state index contributed by atoms with van der Waals surface area (Å²) in [6.45, 7) is 0. The molecule has 0 aliphatic heterocycles. The number of hydrogen-bond acceptors (Lipinski definition) is 3. The molecule has 1 rings (SSSR count). The van der Waals surface area contributed by atoms with Gasteiger partial charge in [-0.25, -0.2) is 0 Å². The number of halogens is 1. The number of hydrogen-bond donors (Lipinski definition) is 0. The molecule has 1 heterocycles. The van der Waals surface area contributed by atoms with Gasteiger partial charge in [-0.15, -0.1) is 0 Å². The minimum absolute atomic E-state index is 0.0139. The zero-order valence-electron chi connectivity index (χ0n) is 6.17. The van der Waals surface area contributed by atoms with Gasteiger partial charge >= 0.3 is 5.56 Å². The number of aromatic nitrogens is 2. The summed E-state index contributed by atoms with van der Waals surface area (Å²) in [5.41, 5.74) is -0.295. The molecule has 5 heteroatoms. The lowest BCUT2D eigenvalue weighted by atomic mass is 10.6. The van der Waals surface area contributed by atoms with Gasteiger partial charge in [-0.05, 0) is 0 Å². The third kappa shape index (κ3) is 1.51. The van der Waals surface area contributed by atoms with Gasteiger partial charge in [0.1, 0.15) is 5.15 Å². The molecule has 0 radical (unpaired) electrons. The molecule has 0 bridgehead atoms. The molecule has 1 aromatic heterocycles. The van der Waals surface area contributed by atoms with E-state index >= 15 is 0 Å². The summed E-state index contributed by atoms with van der Waals surface area (Å²) in [4.78, 5) is 14.7. The second-order valence-corrected chi connectivity index (χ2v) is 2.38. The van der Waals surface area contributed by atoms with Gasteiger partial charge in [0.05, 0.1) is 7.11 Å². The van der Waals surface area contributed by atoms with Crippen LogP contribution in [0.4, 0.5) is 0 Å². The first kappa shape index (κ1) is 8.07. The summed E-state index contributed by atoms with van der Waals surface area (Å²) >= 11 is 5.55. The van der Waals surface area contributed by atoms with E-state index in [1.165, 1.54) is 17.9 Å². The average molecular weight is 175 g/mol. The average Bonchev–Trinajstić information content (AvgIpc) is 1.96. The molecule has 0 N–H and O–H groups in total. The monoisotopic (exact) mass is 174 g/mol. The highest BCUT2D eigenvalue weighted by Gasteiger charge is 2.03. The molecule has 4 nitrogen and oxygen atoms in total. The van der Waals surface area contributed by atoms with Crippen LogP contribution in [0.25, 0.3) is 0 Å². The lowest BCUT2D eigenvalue weighted by Crippen LogP contribution is -2.19. The van der Waals surface area contributed by atoms with Crippen LogP contribution in [0, 0.1) is 0 Å². The van der Waals surface area contributed by atoms with Crippen molar-refractivity contribution in [2.45, 2.75) is 0 Å². The lowest BCUT2D eigenvalue weighted by molar-refractivity contribution is 0.387. The predicted molar refractivity (Wildman–Crippen MR) is 41.0 cm³/mol. The molecule has 1 aromatic rings. The van der Waals surface area contributed by atoms with Gasteiger partial charge in [0, 0.05) is 13.2 Å². The number of ether oxygens (including phenoxy) is 1. The van der Waals surface area contributed by atoms with Gasteiger partial charge in [0.25, 0.3) is 5.88 Å². The molecule has 0 amide bonds. The normalized spacial score (nSPS) is 9.73. The van der Waals surface area contributed by atoms with Crippen molar-refractivity contribution in [3.8, 4) is 5.88 Å². The fraction of sp³-hybridized carbons (Fsp3) is 0.333. The van der Waals surface area contributed by atoms with Crippen molar-refractivity contribution in [2.75, 3.05) is 7.11 Å². The number of rotatable bonds is 1. The number of aryl methyl sites for hydroxylation is 1. The van der Waals surface area contributed by atoms with E-state index in [0.717, 1.165) is 0 Å². The first-order valence-corrected chi connectivity index (χ1v) is 3.30. The second-order valence-electron chi connectivity index (χ2n) is 1.99. The minimum Gasteiger partial charge on any atom is -0.477 e. The van der Waals surface area contributed by atoms with Crippen LogP contribution in [0.3, 0.4) is 0 Å². The van der Waals surface area contributed by atoms with E-state index in [-0.39, 0.29) is 16.6 Å². The first-order valence-electron chi connectivity index (χ1n) is 2.92. The Bertz CT molecular complexity index is 321. The molecule has 0 saturated carbocycles. The van der Waals surface area contributed by atoms with Gasteiger partial charge in [-0.3, -0.25) is 4.79 Å². The number of nitrogens with zero attached hydrogens (tertiary/aromatic N) is 2. The Hall–Kier alpha value is -1.03. The van der Waals surface area contributed by atoms with Crippen molar-refractivity contribution in [1.82, 2.24) is 9.55 Å². The molecule has 0 fully saturated rings. The van der Waals surface area contributed by atoms with Gasteiger partial charge < -0.3 is 9.30 Å². The van der Waals surface area contributed by atoms with Gasteiger partial charge in [0.15, 0.2) is 0 Å². The summed E-state index contributed by atoms with van der Waals surface area (Å²) in [7, 11) is 2.96. The highest BCUT2D eigenvalue weighted by atomic mass is 35.5. The SMILES string of the molecule is COc1nc(Cl)cn(C)c1=O. The van der Waals surface area contributed by atoms with Crippen LogP contribution in [0.15, 0.2) is 11.0 Å². The Labute approximate surface area is 68.4 Å². The van der Waals surface area contributed by atoms with Crippen LogP contribution < -0.4 is 10.3 Å². The van der Waals surface area contributed by atoms with E-state index in [1.54, 1.807) is 7.05 Å². The molecular weight excluding hydrogens is 168 g/mol. The third-order valence-corrected chi connectivity index (χ3v) is 1.39. The molecule has 0 saturated heterocycles. The van der Waals surface area contributed by atoms with E-state index < -0.39 is 0 Å². The summed E-state index contributed by atoms with van der Waals surface area (Å²) < 4.78 is 5.99. The quantitative estimate of drug-likeness (QED) is 0.621. The Morgan fingerprint density at radius 2 is 2.36 bits per heavy atom. The maximum atomic E-state index is 11.1. The summed E-state index contributed by atoms with van der Waals surface area (Å²) in [5.74, 6) is 0.0139. The zero-order valence-corrected chi connectivity index (χ0v) is 6.92.